The average Bonchev–Trinajstić information content (AvgIpc) is 2.44. The summed E-state index contributed by atoms with van der Waals surface area (Å²) in [5, 5.41) is 0. The van der Waals surface area contributed by atoms with Crippen molar-refractivity contribution in [2.75, 3.05) is 12.3 Å². The lowest BCUT2D eigenvalue weighted by atomic mass is 9.98. The number of hydrogen-bond donors (Lipinski definition) is 1. The van der Waals surface area contributed by atoms with E-state index in [4.69, 9.17) is 5.73 Å². The van der Waals surface area contributed by atoms with E-state index in [9.17, 15) is 4.39 Å². The monoisotopic (exact) mass is 334 g/mol. The molecule has 2 aromatic carbocycles. The van der Waals surface area contributed by atoms with Crippen LogP contribution in [0.25, 0.3) is 0 Å². The summed E-state index contributed by atoms with van der Waals surface area (Å²) in [6.45, 7) is 2.68. The second-order valence-corrected chi connectivity index (χ2v) is 6.05. The number of benzene rings is 2. The smallest absolute Gasteiger partial charge is 0.137 e. The number of hydrogen-bond acceptors (Lipinski definition) is 2. The number of nitrogen functional groups attached to an aromatic ring is 1. The second-order valence-electron chi connectivity index (χ2n) is 5.19. The van der Waals surface area contributed by atoms with Crippen LogP contribution in [0.15, 0.2) is 40.9 Å². The maximum atomic E-state index is 13.3. The average molecular weight is 335 g/mol. The lowest BCUT2D eigenvalue weighted by Gasteiger charge is -2.29. The van der Waals surface area contributed by atoms with Crippen LogP contribution in [0.1, 0.15) is 16.7 Å². The fourth-order valence-electron chi connectivity index (χ4n) is 2.69. The van der Waals surface area contributed by atoms with Gasteiger partial charge in [-0.1, -0.05) is 18.2 Å². The zero-order valence-corrected chi connectivity index (χ0v) is 12.7. The van der Waals surface area contributed by atoms with Crippen molar-refractivity contribution in [3.05, 3.63) is 63.4 Å². The quantitative estimate of drug-likeness (QED) is 0.848. The molecule has 2 aromatic rings. The van der Waals surface area contributed by atoms with Crippen molar-refractivity contribution in [1.29, 1.82) is 0 Å². The molecule has 3 rings (SSSR count). The van der Waals surface area contributed by atoms with E-state index in [1.165, 1.54) is 17.2 Å². The molecule has 1 aliphatic heterocycles. The minimum atomic E-state index is -0.220. The molecule has 0 unspecified atom stereocenters. The minimum absolute atomic E-state index is 0.220. The largest absolute Gasteiger partial charge is 0.398 e. The molecule has 4 heteroatoms. The summed E-state index contributed by atoms with van der Waals surface area (Å²) in [5.41, 5.74) is 10.6. The molecule has 0 atom stereocenters. The van der Waals surface area contributed by atoms with Gasteiger partial charge in [0.2, 0.25) is 0 Å². The van der Waals surface area contributed by atoms with Crippen molar-refractivity contribution >= 4 is 21.6 Å². The normalized spacial score (nSPS) is 15.1. The Hall–Kier alpha value is -1.39. The Morgan fingerprint density at radius 1 is 1.25 bits per heavy atom. The number of halogens is 2. The molecule has 0 amide bonds. The van der Waals surface area contributed by atoms with Crippen LogP contribution in [0.5, 0.6) is 0 Å². The molecule has 1 heterocycles. The summed E-state index contributed by atoms with van der Waals surface area (Å²) in [5.74, 6) is -0.220. The third-order valence-corrected chi connectivity index (χ3v) is 4.39. The van der Waals surface area contributed by atoms with Crippen molar-refractivity contribution in [2.24, 2.45) is 0 Å². The van der Waals surface area contributed by atoms with E-state index in [1.807, 2.05) is 24.3 Å². The molecular formula is C16H16BrFN2. The van der Waals surface area contributed by atoms with Crippen molar-refractivity contribution in [3.8, 4) is 0 Å². The standard InChI is InChI=1S/C16H16BrFN2/c17-14-8-11(4-5-15(14)18)9-20-7-6-12-2-1-3-16(19)13(12)10-20/h1-5,8H,6-7,9-10,19H2. The van der Waals surface area contributed by atoms with Gasteiger partial charge in [0.25, 0.3) is 0 Å². The van der Waals surface area contributed by atoms with Crippen molar-refractivity contribution < 1.29 is 4.39 Å². The third kappa shape index (κ3) is 2.72. The first kappa shape index (κ1) is 13.6. The van der Waals surface area contributed by atoms with Gasteiger partial charge in [0, 0.05) is 25.3 Å². The summed E-state index contributed by atoms with van der Waals surface area (Å²) in [4.78, 5) is 2.35. The highest BCUT2D eigenvalue weighted by molar-refractivity contribution is 9.10. The van der Waals surface area contributed by atoms with Gasteiger partial charge < -0.3 is 5.73 Å². The molecule has 0 saturated carbocycles. The van der Waals surface area contributed by atoms with Crippen LogP contribution in [-0.2, 0) is 19.5 Å². The van der Waals surface area contributed by atoms with Gasteiger partial charge in [-0.2, -0.15) is 0 Å². The van der Waals surface area contributed by atoms with E-state index >= 15 is 0 Å². The van der Waals surface area contributed by atoms with Crippen LogP contribution in [0, 0.1) is 5.82 Å². The van der Waals surface area contributed by atoms with Crippen molar-refractivity contribution in [1.82, 2.24) is 4.90 Å². The van der Waals surface area contributed by atoms with Gasteiger partial charge in [-0.15, -0.1) is 0 Å². The summed E-state index contributed by atoms with van der Waals surface area (Å²) in [6.07, 6.45) is 1.02. The number of anilines is 1. The molecule has 20 heavy (non-hydrogen) atoms. The van der Waals surface area contributed by atoms with E-state index in [0.717, 1.165) is 37.3 Å². The predicted molar refractivity (Wildman–Crippen MR) is 82.8 cm³/mol. The van der Waals surface area contributed by atoms with Crippen molar-refractivity contribution in [2.45, 2.75) is 19.5 Å². The fraction of sp³-hybridized carbons (Fsp3) is 0.250. The van der Waals surface area contributed by atoms with E-state index in [-0.39, 0.29) is 5.82 Å². The summed E-state index contributed by atoms with van der Waals surface area (Å²) in [7, 11) is 0. The molecule has 0 aromatic heterocycles. The van der Waals surface area contributed by atoms with Crippen LogP contribution in [0.2, 0.25) is 0 Å². The van der Waals surface area contributed by atoms with Gasteiger partial charge in [0.1, 0.15) is 5.82 Å². The predicted octanol–water partition coefficient (Wildman–Crippen LogP) is 3.73. The molecule has 0 radical (unpaired) electrons. The molecule has 2 N–H and O–H groups in total. The number of nitrogens with two attached hydrogens (primary N) is 1. The first-order valence-corrected chi connectivity index (χ1v) is 7.45. The highest BCUT2D eigenvalue weighted by atomic mass is 79.9. The lowest BCUT2D eigenvalue weighted by molar-refractivity contribution is 0.246. The van der Waals surface area contributed by atoms with Gasteiger partial charge in [-0.3, -0.25) is 4.90 Å². The van der Waals surface area contributed by atoms with Crippen LogP contribution in [0.4, 0.5) is 10.1 Å². The van der Waals surface area contributed by atoms with E-state index < -0.39 is 0 Å². The van der Waals surface area contributed by atoms with Gasteiger partial charge in [0.15, 0.2) is 0 Å². The maximum Gasteiger partial charge on any atom is 0.137 e. The van der Waals surface area contributed by atoms with Gasteiger partial charge >= 0.3 is 0 Å². The zero-order chi connectivity index (χ0) is 14.1. The molecule has 0 spiro atoms. The summed E-state index contributed by atoms with van der Waals surface area (Å²) < 4.78 is 13.8. The topological polar surface area (TPSA) is 29.3 Å². The second kappa shape index (κ2) is 5.54. The maximum absolute atomic E-state index is 13.3. The van der Waals surface area contributed by atoms with Crippen LogP contribution in [0.3, 0.4) is 0 Å². The Kier molecular flexibility index (Phi) is 3.76. The molecule has 2 nitrogen and oxygen atoms in total. The van der Waals surface area contributed by atoms with Gasteiger partial charge in [-0.25, -0.2) is 4.39 Å². The van der Waals surface area contributed by atoms with E-state index in [1.54, 1.807) is 0 Å². The SMILES string of the molecule is Nc1cccc2c1CN(Cc1ccc(F)c(Br)c1)CC2. The minimum Gasteiger partial charge on any atom is -0.398 e. The number of rotatable bonds is 2. The van der Waals surface area contributed by atoms with E-state index in [2.05, 4.69) is 26.9 Å². The highest BCUT2D eigenvalue weighted by Crippen LogP contribution is 2.26. The molecule has 0 aliphatic carbocycles. The number of nitrogens with zero attached hydrogens (tertiary/aromatic N) is 1. The van der Waals surface area contributed by atoms with Crippen LogP contribution < -0.4 is 5.73 Å². The van der Waals surface area contributed by atoms with Gasteiger partial charge in [0.05, 0.1) is 4.47 Å². The molecule has 104 valence electrons. The summed E-state index contributed by atoms with van der Waals surface area (Å²) >= 11 is 3.23. The van der Waals surface area contributed by atoms with E-state index in [0.29, 0.717) is 4.47 Å². The van der Waals surface area contributed by atoms with Crippen LogP contribution >= 0.6 is 15.9 Å². The fourth-order valence-corrected chi connectivity index (χ4v) is 3.12. The molecular weight excluding hydrogens is 319 g/mol. The Balaban J connectivity index is 1.77. The number of fused-ring (bicyclic) bond motifs is 1. The Labute approximate surface area is 126 Å². The molecule has 1 aliphatic rings. The van der Waals surface area contributed by atoms with Crippen LogP contribution in [-0.4, -0.2) is 11.4 Å². The molecule has 0 bridgehead atoms. The first-order valence-electron chi connectivity index (χ1n) is 6.66. The summed E-state index contributed by atoms with van der Waals surface area (Å²) in [6, 6.07) is 11.3. The first-order chi connectivity index (χ1) is 9.63. The van der Waals surface area contributed by atoms with Gasteiger partial charge in [-0.05, 0) is 57.2 Å². The third-order valence-electron chi connectivity index (χ3n) is 3.78. The lowest BCUT2D eigenvalue weighted by Crippen LogP contribution is -2.30. The van der Waals surface area contributed by atoms with Crippen molar-refractivity contribution in [3.63, 3.8) is 0 Å². The Morgan fingerprint density at radius 3 is 2.90 bits per heavy atom. The Morgan fingerprint density at radius 2 is 2.10 bits per heavy atom. The Bertz CT molecular complexity index is 642. The zero-order valence-electron chi connectivity index (χ0n) is 11.1. The highest BCUT2D eigenvalue weighted by Gasteiger charge is 2.18. The molecule has 0 saturated heterocycles. The molecule has 0 fully saturated rings.